The van der Waals surface area contributed by atoms with Crippen LogP contribution in [0.5, 0.6) is 5.88 Å². The first-order valence-electron chi connectivity index (χ1n) is 15.2. The Hall–Kier alpha value is -4.35. The molecule has 5 rings (SSSR count). The summed E-state index contributed by atoms with van der Waals surface area (Å²) in [7, 11) is -4.27. The van der Waals surface area contributed by atoms with Crippen LogP contribution in [0.2, 0.25) is 0 Å². The number of carbonyl (C=O) groups is 1. The highest BCUT2D eigenvalue weighted by atomic mass is 32.2. The van der Waals surface area contributed by atoms with Crippen LogP contribution >= 0.6 is 0 Å². The van der Waals surface area contributed by atoms with E-state index in [0.29, 0.717) is 12.1 Å². The van der Waals surface area contributed by atoms with Crippen molar-refractivity contribution in [1.82, 2.24) is 19.9 Å². The van der Waals surface area contributed by atoms with E-state index in [1.54, 1.807) is 24.8 Å². The summed E-state index contributed by atoms with van der Waals surface area (Å²) in [4.78, 5) is 29.3. The minimum Gasteiger partial charge on any atom is -0.475 e. The Bertz CT molecular complexity index is 1840. The molecule has 0 fully saturated rings. The number of fused-ring (bicyclic) bond motifs is 4. The second-order valence-electron chi connectivity index (χ2n) is 13.6. The standard InChI is InChI=1S/C35H41N5O5S/c1-22-10-8-11-23(2)31(22)28-18-29-38-33(37-28)39-46(43,44)30-13-9-12-27(36-30)32(41)40(26(21-45-29)19-34(3,4)5)20-24-14-16-25(17-15-24)35(6,7)42/h8-18,26,42H,19-21H2,1-7H3,(H,37,38,39)/t26-/m1/s1. The molecule has 1 atom stereocenters. The number of amides is 1. The minimum absolute atomic E-state index is 0.0157. The van der Waals surface area contributed by atoms with Gasteiger partial charge in [0.25, 0.3) is 15.9 Å². The number of sulfonamides is 1. The van der Waals surface area contributed by atoms with Gasteiger partial charge in [-0.15, -0.1) is 0 Å². The van der Waals surface area contributed by atoms with E-state index in [-0.39, 0.29) is 41.1 Å². The Balaban J connectivity index is 1.65. The third-order valence-electron chi connectivity index (χ3n) is 7.87. The van der Waals surface area contributed by atoms with Crippen LogP contribution in [-0.2, 0) is 22.2 Å². The molecule has 4 aromatic rings. The lowest BCUT2D eigenvalue weighted by Crippen LogP contribution is -2.45. The van der Waals surface area contributed by atoms with Crippen molar-refractivity contribution in [2.45, 2.75) is 78.1 Å². The molecule has 1 amide bonds. The van der Waals surface area contributed by atoms with Gasteiger partial charge in [-0.3, -0.25) is 4.79 Å². The van der Waals surface area contributed by atoms with Gasteiger partial charge in [-0.2, -0.15) is 13.4 Å². The monoisotopic (exact) mass is 643 g/mol. The molecule has 0 saturated heterocycles. The van der Waals surface area contributed by atoms with Gasteiger partial charge in [-0.25, -0.2) is 14.7 Å². The topological polar surface area (TPSA) is 135 Å². The maximum Gasteiger partial charge on any atom is 0.281 e. The van der Waals surface area contributed by atoms with Crippen LogP contribution in [0, 0.1) is 19.3 Å². The second kappa shape index (κ2) is 12.4. The zero-order chi connectivity index (χ0) is 33.4. The molecule has 2 aromatic heterocycles. The highest BCUT2D eigenvalue weighted by Crippen LogP contribution is 2.31. The van der Waals surface area contributed by atoms with Gasteiger partial charge in [0.15, 0.2) is 5.03 Å². The summed E-state index contributed by atoms with van der Waals surface area (Å²) in [6.07, 6.45) is 0.568. The number of hydrogen-bond acceptors (Lipinski definition) is 8. The summed E-state index contributed by atoms with van der Waals surface area (Å²) >= 11 is 0. The largest absolute Gasteiger partial charge is 0.475 e. The molecule has 4 bridgehead atoms. The molecular weight excluding hydrogens is 602 g/mol. The van der Waals surface area contributed by atoms with E-state index >= 15 is 0 Å². The van der Waals surface area contributed by atoms with Gasteiger partial charge in [-0.05, 0) is 73.9 Å². The smallest absolute Gasteiger partial charge is 0.281 e. The maximum absolute atomic E-state index is 14.3. The van der Waals surface area contributed by atoms with Gasteiger partial charge in [0.2, 0.25) is 11.8 Å². The Morgan fingerprint density at radius 3 is 2.20 bits per heavy atom. The highest BCUT2D eigenvalue weighted by Gasteiger charge is 2.32. The lowest BCUT2D eigenvalue weighted by Gasteiger charge is -2.35. The Labute approximate surface area is 271 Å². The number of aliphatic hydroxyl groups is 1. The number of aromatic nitrogens is 3. The number of hydrogen-bond donors (Lipinski definition) is 2. The molecule has 46 heavy (non-hydrogen) atoms. The average molecular weight is 644 g/mol. The van der Waals surface area contributed by atoms with Gasteiger partial charge in [0.05, 0.1) is 17.3 Å². The molecule has 3 heterocycles. The molecule has 1 aliphatic rings. The van der Waals surface area contributed by atoms with Crippen molar-refractivity contribution >= 4 is 21.9 Å². The molecule has 10 nitrogen and oxygen atoms in total. The summed E-state index contributed by atoms with van der Waals surface area (Å²) in [5, 5.41) is 10.1. The van der Waals surface area contributed by atoms with E-state index in [2.05, 4.69) is 40.4 Å². The third kappa shape index (κ3) is 7.54. The fraction of sp³-hybridized carbons (Fsp3) is 0.371. The molecule has 0 spiro atoms. The zero-order valence-electron chi connectivity index (χ0n) is 27.3. The molecule has 0 aliphatic carbocycles. The summed E-state index contributed by atoms with van der Waals surface area (Å²) in [5.74, 6) is -0.427. The number of nitrogens with one attached hydrogen (secondary N) is 1. The molecular formula is C35H41N5O5S. The van der Waals surface area contributed by atoms with Crippen molar-refractivity contribution in [2.24, 2.45) is 5.41 Å². The van der Waals surface area contributed by atoms with Gasteiger partial charge >= 0.3 is 0 Å². The molecule has 11 heteroatoms. The molecule has 2 N–H and O–H groups in total. The Morgan fingerprint density at radius 1 is 0.913 bits per heavy atom. The quantitative estimate of drug-likeness (QED) is 0.270. The average Bonchev–Trinajstić information content (AvgIpc) is 2.96. The summed E-state index contributed by atoms with van der Waals surface area (Å²) < 4.78 is 35.9. The fourth-order valence-electron chi connectivity index (χ4n) is 5.62. The molecule has 0 saturated carbocycles. The van der Waals surface area contributed by atoms with Gasteiger partial charge in [-0.1, -0.05) is 69.3 Å². The number of ether oxygens (including phenoxy) is 1. The predicted molar refractivity (Wildman–Crippen MR) is 177 cm³/mol. The van der Waals surface area contributed by atoms with Crippen LogP contribution in [0.15, 0.2) is 71.8 Å². The number of benzene rings is 2. The van der Waals surface area contributed by atoms with E-state index in [9.17, 15) is 18.3 Å². The van der Waals surface area contributed by atoms with Crippen molar-refractivity contribution in [3.8, 4) is 17.1 Å². The van der Waals surface area contributed by atoms with Gasteiger partial charge < -0.3 is 14.7 Å². The van der Waals surface area contributed by atoms with E-state index in [1.165, 1.54) is 18.2 Å². The number of rotatable bonds is 5. The van der Waals surface area contributed by atoms with Crippen LogP contribution < -0.4 is 9.46 Å². The maximum atomic E-state index is 14.3. The van der Waals surface area contributed by atoms with E-state index < -0.39 is 27.6 Å². The summed E-state index contributed by atoms with van der Waals surface area (Å²) in [6.45, 7) is 13.9. The third-order valence-corrected chi connectivity index (χ3v) is 9.10. The number of nitrogens with zero attached hydrogens (tertiary/aromatic N) is 4. The molecule has 0 radical (unpaired) electrons. The first-order chi connectivity index (χ1) is 21.5. The van der Waals surface area contributed by atoms with Crippen LogP contribution in [0.25, 0.3) is 11.3 Å². The summed E-state index contributed by atoms with van der Waals surface area (Å²) in [5.41, 5.74) is 3.61. The van der Waals surface area contributed by atoms with Crippen molar-refractivity contribution in [3.05, 3.63) is 94.7 Å². The predicted octanol–water partition coefficient (Wildman–Crippen LogP) is 6.02. The normalized spacial score (nSPS) is 16.8. The second-order valence-corrected chi connectivity index (χ2v) is 15.2. The fourth-order valence-corrected chi connectivity index (χ4v) is 6.54. The van der Waals surface area contributed by atoms with Crippen molar-refractivity contribution in [1.29, 1.82) is 0 Å². The van der Waals surface area contributed by atoms with Crippen LogP contribution in [-0.4, -0.2) is 51.9 Å². The number of carbonyl (C=O) groups excluding carboxylic acids is 1. The van der Waals surface area contributed by atoms with Crippen LogP contribution in [0.1, 0.15) is 73.8 Å². The van der Waals surface area contributed by atoms with E-state index in [4.69, 9.17) is 4.74 Å². The molecule has 1 aliphatic heterocycles. The highest BCUT2D eigenvalue weighted by molar-refractivity contribution is 7.92. The molecule has 2 aromatic carbocycles. The Morgan fingerprint density at radius 2 is 1.57 bits per heavy atom. The first kappa shape index (κ1) is 33.0. The van der Waals surface area contributed by atoms with Crippen molar-refractivity contribution < 1.29 is 23.1 Å². The van der Waals surface area contributed by atoms with E-state index in [1.807, 2.05) is 56.3 Å². The Kier molecular flexibility index (Phi) is 8.94. The molecule has 242 valence electrons. The van der Waals surface area contributed by atoms with Crippen LogP contribution in [0.3, 0.4) is 0 Å². The van der Waals surface area contributed by atoms with Gasteiger partial charge in [0, 0.05) is 18.2 Å². The van der Waals surface area contributed by atoms with Gasteiger partial charge in [0.1, 0.15) is 12.3 Å². The SMILES string of the molecule is Cc1cccc(C)c1-c1cc2nc(n1)NS(=O)(=O)c1cccc(n1)C(=O)N(Cc1ccc(C(C)(C)O)cc1)[C@H](CC(C)(C)C)CO2. The van der Waals surface area contributed by atoms with E-state index in [0.717, 1.165) is 27.8 Å². The molecule has 0 unspecified atom stereocenters. The minimum atomic E-state index is -4.27. The first-order valence-corrected chi connectivity index (χ1v) is 16.7. The lowest BCUT2D eigenvalue weighted by atomic mass is 9.87. The van der Waals surface area contributed by atoms with Crippen LogP contribution in [0.4, 0.5) is 5.95 Å². The lowest BCUT2D eigenvalue weighted by molar-refractivity contribution is 0.0506. The van der Waals surface area contributed by atoms with Crippen molar-refractivity contribution in [2.75, 3.05) is 11.3 Å². The summed E-state index contributed by atoms with van der Waals surface area (Å²) in [6, 6.07) is 18.9. The van der Waals surface area contributed by atoms with Crippen molar-refractivity contribution in [3.63, 3.8) is 0 Å². The zero-order valence-corrected chi connectivity index (χ0v) is 28.1. The number of aryl methyl sites for hydroxylation is 2. The number of pyridine rings is 1. The number of anilines is 1.